The molecule has 1 saturated carbocycles. The highest BCUT2D eigenvalue weighted by Gasteiger charge is 2.44. The minimum absolute atomic E-state index is 0.231. The van der Waals surface area contributed by atoms with Gasteiger partial charge in [-0.25, -0.2) is 4.98 Å². The predicted molar refractivity (Wildman–Crippen MR) is 174 cm³/mol. The van der Waals surface area contributed by atoms with Crippen LogP contribution in [0.2, 0.25) is 0 Å². The van der Waals surface area contributed by atoms with E-state index in [-0.39, 0.29) is 6.04 Å². The third-order valence-electron chi connectivity index (χ3n) is 11.3. The molecule has 1 aromatic heterocycles. The lowest BCUT2D eigenvalue weighted by Crippen LogP contribution is -2.37. The third kappa shape index (κ3) is 4.36. The van der Waals surface area contributed by atoms with Gasteiger partial charge in [0.25, 0.3) is 0 Å². The number of aromatic amines is 1. The molecule has 9 rings (SSSR count). The zero-order valence-corrected chi connectivity index (χ0v) is 25.0. The van der Waals surface area contributed by atoms with E-state index in [1.807, 2.05) is 6.20 Å². The first-order chi connectivity index (χ1) is 21.2. The summed E-state index contributed by atoms with van der Waals surface area (Å²) in [6.45, 7) is 2.18. The fourth-order valence-electron chi connectivity index (χ4n) is 9.07. The van der Waals surface area contributed by atoms with Crippen LogP contribution in [0.15, 0.2) is 65.4 Å². The Kier molecular flexibility index (Phi) is 6.23. The van der Waals surface area contributed by atoms with E-state index in [0.717, 1.165) is 43.3 Å². The Morgan fingerprint density at radius 2 is 1.53 bits per heavy atom. The Morgan fingerprint density at radius 3 is 2.33 bits per heavy atom. The number of rotatable bonds is 5. The number of fused-ring (bicyclic) bond motifs is 3. The SMILES string of the molecule is C1=C(c2ccc(-c3ccc(-c4cnc([C@@H]5CCCN5)[nH]4)cc3)c3c2CCC32CCCC2)CC2N=C([C@@H]3CCCN3)NC2=C1. The topological polar surface area (TPSA) is 77.1 Å². The molecular formula is C37H42N6. The quantitative estimate of drug-likeness (QED) is 0.275. The average molecular weight is 571 g/mol. The maximum absolute atomic E-state index is 5.18. The molecule has 2 aromatic carbocycles. The summed E-state index contributed by atoms with van der Waals surface area (Å²) < 4.78 is 0. The molecule has 6 heteroatoms. The number of amidine groups is 1. The number of aromatic nitrogens is 2. The molecule has 4 heterocycles. The fourth-order valence-corrected chi connectivity index (χ4v) is 9.07. The van der Waals surface area contributed by atoms with Crippen molar-refractivity contribution in [3.8, 4) is 22.4 Å². The van der Waals surface area contributed by atoms with Crippen LogP contribution < -0.4 is 16.0 Å². The lowest BCUT2D eigenvalue weighted by atomic mass is 9.75. The monoisotopic (exact) mass is 570 g/mol. The van der Waals surface area contributed by atoms with Gasteiger partial charge in [0, 0.05) is 12.1 Å². The Hall–Kier alpha value is -3.48. The number of benzene rings is 2. The zero-order chi connectivity index (χ0) is 28.4. The highest BCUT2D eigenvalue weighted by atomic mass is 15.2. The molecule has 3 aliphatic carbocycles. The lowest BCUT2D eigenvalue weighted by Gasteiger charge is -2.28. The van der Waals surface area contributed by atoms with Crippen molar-refractivity contribution in [1.82, 2.24) is 25.9 Å². The zero-order valence-electron chi connectivity index (χ0n) is 25.0. The molecule has 0 amide bonds. The van der Waals surface area contributed by atoms with E-state index >= 15 is 0 Å². The normalized spacial score (nSPS) is 27.2. The van der Waals surface area contributed by atoms with Gasteiger partial charge in [-0.3, -0.25) is 4.99 Å². The first-order valence-electron chi connectivity index (χ1n) is 16.8. The summed E-state index contributed by atoms with van der Waals surface area (Å²) in [5, 5.41) is 10.8. The summed E-state index contributed by atoms with van der Waals surface area (Å²) >= 11 is 0. The van der Waals surface area contributed by atoms with E-state index in [1.165, 1.54) is 91.3 Å². The standard InChI is InChI=1S/C37H42N6/c1-2-17-37(16-1)18-15-28-26(25-11-14-29-32(21-25)42-36(41-29)31-6-4-20-39-31)12-13-27(34(28)37)23-7-9-24(10-8-23)33-22-40-35(43-33)30-5-3-19-38-30/h7-14,22,30-32,38-39H,1-6,15-21H2,(H,40,43)(H,41,42)/t30-,31-,32?/m0/s1. The maximum Gasteiger partial charge on any atom is 0.123 e. The first kappa shape index (κ1) is 26.0. The Bertz CT molecular complexity index is 1640. The molecule has 3 fully saturated rings. The van der Waals surface area contributed by atoms with Crippen LogP contribution in [0.25, 0.3) is 28.0 Å². The van der Waals surface area contributed by atoms with Crippen molar-refractivity contribution >= 4 is 11.4 Å². The van der Waals surface area contributed by atoms with Gasteiger partial charge in [-0.2, -0.15) is 0 Å². The van der Waals surface area contributed by atoms with Crippen molar-refractivity contribution in [3.05, 3.63) is 83.0 Å². The lowest BCUT2D eigenvalue weighted by molar-refractivity contribution is 0.440. The Balaban J connectivity index is 1.04. The van der Waals surface area contributed by atoms with Crippen LogP contribution in [-0.2, 0) is 11.8 Å². The van der Waals surface area contributed by atoms with Crippen molar-refractivity contribution in [3.63, 3.8) is 0 Å². The minimum Gasteiger partial charge on any atom is -0.344 e. The van der Waals surface area contributed by atoms with Crippen molar-refractivity contribution in [1.29, 1.82) is 0 Å². The van der Waals surface area contributed by atoms with E-state index in [9.17, 15) is 0 Å². The van der Waals surface area contributed by atoms with E-state index in [0.29, 0.717) is 17.5 Å². The number of hydrogen-bond acceptors (Lipinski definition) is 5. The van der Waals surface area contributed by atoms with E-state index in [4.69, 9.17) is 9.98 Å². The minimum atomic E-state index is 0.231. The van der Waals surface area contributed by atoms with E-state index < -0.39 is 0 Å². The summed E-state index contributed by atoms with van der Waals surface area (Å²) in [5.41, 5.74) is 12.9. The molecule has 4 N–H and O–H groups in total. The molecule has 220 valence electrons. The number of H-pyrrole nitrogens is 1. The molecule has 6 aliphatic rings. The van der Waals surface area contributed by atoms with Gasteiger partial charge in [0.05, 0.1) is 30.0 Å². The second-order valence-electron chi connectivity index (χ2n) is 13.7. The van der Waals surface area contributed by atoms with E-state index in [1.54, 1.807) is 11.1 Å². The van der Waals surface area contributed by atoms with Gasteiger partial charge < -0.3 is 20.9 Å². The molecule has 3 atom stereocenters. The molecule has 3 aromatic rings. The number of nitrogens with zero attached hydrogens (tertiary/aromatic N) is 2. The van der Waals surface area contributed by atoms with Crippen LogP contribution >= 0.6 is 0 Å². The molecule has 3 aliphatic heterocycles. The summed E-state index contributed by atoms with van der Waals surface area (Å²) in [5.74, 6) is 2.22. The fraction of sp³-hybridized carbons (Fsp3) is 0.459. The van der Waals surface area contributed by atoms with Gasteiger partial charge in [-0.05, 0) is 115 Å². The number of nitrogens with one attached hydrogen (secondary N) is 4. The number of aliphatic imine (C=N–C) groups is 1. The molecule has 0 radical (unpaired) electrons. The second-order valence-corrected chi connectivity index (χ2v) is 13.7. The molecular weight excluding hydrogens is 528 g/mol. The number of imidazole rings is 1. The molecule has 2 saturated heterocycles. The van der Waals surface area contributed by atoms with Crippen LogP contribution in [-0.4, -0.2) is 41.0 Å². The van der Waals surface area contributed by atoms with Crippen LogP contribution in [0.1, 0.15) is 92.8 Å². The van der Waals surface area contributed by atoms with Crippen molar-refractivity contribution in [2.45, 2.75) is 94.2 Å². The van der Waals surface area contributed by atoms with Gasteiger partial charge in [0.15, 0.2) is 0 Å². The van der Waals surface area contributed by atoms with Gasteiger partial charge in [0.1, 0.15) is 11.7 Å². The second kappa shape index (κ2) is 10.3. The number of hydrogen-bond donors (Lipinski definition) is 4. The van der Waals surface area contributed by atoms with Crippen molar-refractivity contribution < 1.29 is 0 Å². The Morgan fingerprint density at radius 1 is 0.767 bits per heavy atom. The van der Waals surface area contributed by atoms with Gasteiger partial charge in [-0.1, -0.05) is 55.3 Å². The summed E-state index contributed by atoms with van der Waals surface area (Å²) in [7, 11) is 0. The largest absolute Gasteiger partial charge is 0.344 e. The summed E-state index contributed by atoms with van der Waals surface area (Å²) in [4.78, 5) is 13.5. The van der Waals surface area contributed by atoms with Crippen molar-refractivity contribution in [2.75, 3.05) is 13.1 Å². The van der Waals surface area contributed by atoms with Gasteiger partial charge >= 0.3 is 0 Å². The smallest absolute Gasteiger partial charge is 0.123 e. The molecule has 1 spiro atoms. The highest BCUT2D eigenvalue weighted by Crippen LogP contribution is 2.55. The van der Waals surface area contributed by atoms with Crippen LogP contribution in [0.3, 0.4) is 0 Å². The molecule has 6 nitrogen and oxygen atoms in total. The molecule has 0 bridgehead atoms. The number of allylic oxidation sites excluding steroid dienone is 2. The van der Waals surface area contributed by atoms with Gasteiger partial charge in [0.2, 0.25) is 0 Å². The van der Waals surface area contributed by atoms with Crippen LogP contribution in [0, 0.1) is 0 Å². The van der Waals surface area contributed by atoms with Gasteiger partial charge in [-0.15, -0.1) is 0 Å². The average Bonchev–Trinajstić information content (AvgIpc) is 3.89. The Labute approximate surface area is 254 Å². The first-order valence-corrected chi connectivity index (χ1v) is 16.8. The molecule has 1 unspecified atom stereocenters. The highest BCUT2D eigenvalue weighted by molar-refractivity contribution is 5.93. The predicted octanol–water partition coefficient (Wildman–Crippen LogP) is 6.72. The summed E-state index contributed by atoms with van der Waals surface area (Å²) in [6.07, 6.45) is 20.3. The van der Waals surface area contributed by atoms with Crippen molar-refractivity contribution in [2.24, 2.45) is 4.99 Å². The van der Waals surface area contributed by atoms with E-state index in [2.05, 4.69) is 69.5 Å². The maximum atomic E-state index is 5.18. The molecule has 43 heavy (non-hydrogen) atoms. The van der Waals surface area contributed by atoms with Crippen LogP contribution in [0.5, 0.6) is 0 Å². The summed E-state index contributed by atoms with van der Waals surface area (Å²) in [6, 6.07) is 15.1. The third-order valence-corrected chi connectivity index (χ3v) is 11.3. The van der Waals surface area contributed by atoms with Crippen LogP contribution in [0.4, 0.5) is 0 Å².